The van der Waals surface area contributed by atoms with Crippen molar-refractivity contribution in [2.75, 3.05) is 13.7 Å². The van der Waals surface area contributed by atoms with Gasteiger partial charge in [0.1, 0.15) is 0 Å². The van der Waals surface area contributed by atoms with Crippen LogP contribution in [0.15, 0.2) is 24.3 Å². The minimum absolute atomic E-state index is 0.179. The number of nitriles is 1. The summed E-state index contributed by atoms with van der Waals surface area (Å²) < 4.78 is 11.0. The van der Waals surface area contributed by atoms with E-state index in [9.17, 15) is 5.26 Å². The van der Waals surface area contributed by atoms with Crippen molar-refractivity contribution in [2.24, 2.45) is 11.3 Å². The zero-order valence-corrected chi connectivity index (χ0v) is 11.7. The molecule has 0 bridgehead atoms. The smallest absolute Gasteiger partial charge is 0.161 e. The normalized spacial score (nSPS) is 25.8. The third kappa shape index (κ3) is 3.20. The third-order valence-electron chi connectivity index (χ3n) is 4.00. The Morgan fingerprint density at radius 1 is 1.37 bits per heavy atom. The van der Waals surface area contributed by atoms with E-state index in [4.69, 9.17) is 9.47 Å². The van der Waals surface area contributed by atoms with Gasteiger partial charge in [-0.1, -0.05) is 19.1 Å². The van der Waals surface area contributed by atoms with Gasteiger partial charge >= 0.3 is 0 Å². The lowest BCUT2D eigenvalue weighted by molar-refractivity contribution is 0.233. The molecule has 0 radical (unpaired) electrons. The lowest BCUT2D eigenvalue weighted by atomic mass is 9.84. The summed E-state index contributed by atoms with van der Waals surface area (Å²) in [5, 5.41) is 9.40. The number of rotatable bonds is 5. The molecule has 1 fully saturated rings. The molecule has 1 aliphatic carbocycles. The van der Waals surface area contributed by atoms with Crippen LogP contribution in [0.1, 0.15) is 32.6 Å². The third-order valence-corrected chi connectivity index (χ3v) is 4.00. The molecule has 3 nitrogen and oxygen atoms in total. The van der Waals surface area contributed by atoms with Gasteiger partial charge in [0.15, 0.2) is 11.5 Å². The predicted octanol–water partition coefficient (Wildman–Crippen LogP) is 3.79. The summed E-state index contributed by atoms with van der Waals surface area (Å²) in [6, 6.07) is 10.1. The van der Waals surface area contributed by atoms with Gasteiger partial charge in [0.25, 0.3) is 0 Å². The lowest BCUT2D eigenvalue weighted by Crippen LogP contribution is -2.18. The van der Waals surface area contributed by atoms with Crippen LogP contribution in [0.3, 0.4) is 0 Å². The summed E-state index contributed by atoms with van der Waals surface area (Å²) in [6.45, 7) is 2.79. The van der Waals surface area contributed by atoms with Crippen molar-refractivity contribution < 1.29 is 9.47 Å². The summed E-state index contributed by atoms with van der Waals surface area (Å²) in [5.41, 5.74) is -0.179. The molecule has 19 heavy (non-hydrogen) atoms. The topological polar surface area (TPSA) is 42.2 Å². The highest BCUT2D eigenvalue weighted by Gasteiger charge is 2.37. The van der Waals surface area contributed by atoms with E-state index < -0.39 is 0 Å². The van der Waals surface area contributed by atoms with Gasteiger partial charge in [-0.25, -0.2) is 0 Å². The van der Waals surface area contributed by atoms with E-state index in [0.717, 1.165) is 37.2 Å². The fraction of sp³-hybridized carbons (Fsp3) is 0.562. The van der Waals surface area contributed by atoms with Crippen molar-refractivity contribution in [2.45, 2.75) is 32.6 Å². The van der Waals surface area contributed by atoms with Crippen LogP contribution < -0.4 is 9.47 Å². The van der Waals surface area contributed by atoms with E-state index in [1.165, 1.54) is 0 Å². The lowest BCUT2D eigenvalue weighted by Gasteiger charge is -2.21. The fourth-order valence-electron chi connectivity index (χ4n) is 2.87. The molecule has 0 amide bonds. The zero-order chi connectivity index (χ0) is 13.7. The maximum Gasteiger partial charge on any atom is 0.161 e. The molecular formula is C16H21NO2. The van der Waals surface area contributed by atoms with E-state index in [-0.39, 0.29) is 5.41 Å². The summed E-state index contributed by atoms with van der Waals surface area (Å²) in [7, 11) is 1.64. The van der Waals surface area contributed by atoms with Gasteiger partial charge in [0, 0.05) is 6.42 Å². The van der Waals surface area contributed by atoms with Crippen LogP contribution in [0.5, 0.6) is 11.5 Å². The second-order valence-corrected chi connectivity index (χ2v) is 5.49. The molecule has 0 N–H and O–H groups in total. The Balaban J connectivity index is 1.91. The van der Waals surface area contributed by atoms with E-state index in [0.29, 0.717) is 12.5 Å². The number of methoxy groups -OCH3 is 1. The quantitative estimate of drug-likeness (QED) is 0.807. The second kappa shape index (κ2) is 5.97. The van der Waals surface area contributed by atoms with Gasteiger partial charge in [0.05, 0.1) is 25.2 Å². The van der Waals surface area contributed by atoms with Crippen LogP contribution >= 0.6 is 0 Å². The Morgan fingerprint density at radius 3 is 2.68 bits per heavy atom. The SMILES string of the molecule is COc1ccccc1OCCC1(C#N)CCC(C)C1. The van der Waals surface area contributed by atoms with Gasteiger partial charge < -0.3 is 9.47 Å². The first-order valence-electron chi connectivity index (χ1n) is 6.86. The second-order valence-electron chi connectivity index (χ2n) is 5.49. The van der Waals surface area contributed by atoms with Crippen LogP contribution in [0.25, 0.3) is 0 Å². The Bertz CT molecular complexity index is 466. The summed E-state index contributed by atoms with van der Waals surface area (Å²) in [6.07, 6.45) is 3.95. The Hall–Kier alpha value is -1.69. The highest BCUT2D eigenvalue weighted by molar-refractivity contribution is 5.39. The van der Waals surface area contributed by atoms with Crippen LogP contribution in [0.2, 0.25) is 0 Å². The minimum atomic E-state index is -0.179. The maximum atomic E-state index is 9.40. The van der Waals surface area contributed by atoms with Crippen molar-refractivity contribution in [3.05, 3.63) is 24.3 Å². The number of nitrogens with zero attached hydrogens (tertiary/aromatic N) is 1. The van der Waals surface area contributed by atoms with Gasteiger partial charge in [-0.2, -0.15) is 5.26 Å². The van der Waals surface area contributed by atoms with Crippen molar-refractivity contribution >= 4 is 0 Å². The Labute approximate surface area is 115 Å². The van der Waals surface area contributed by atoms with Crippen molar-refractivity contribution in [1.29, 1.82) is 5.26 Å². The Kier molecular flexibility index (Phi) is 4.31. The molecule has 0 spiro atoms. The molecule has 3 heteroatoms. The first-order chi connectivity index (χ1) is 9.19. The maximum absolute atomic E-state index is 9.40. The first kappa shape index (κ1) is 13.7. The van der Waals surface area contributed by atoms with Gasteiger partial charge in [-0.3, -0.25) is 0 Å². The molecule has 2 unspecified atom stereocenters. The van der Waals surface area contributed by atoms with E-state index >= 15 is 0 Å². The van der Waals surface area contributed by atoms with Crippen molar-refractivity contribution in [3.63, 3.8) is 0 Å². The number of para-hydroxylation sites is 2. The molecule has 1 aromatic rings. The zero-order valence-electron chi connectivity index (χ0n) is 11.7. The molecular weight excluding hydrogens is 238 g/mol. The average Bonchev–Trinajstić information content (AvgIpc) is 2.81. The van der Waals surface area contributed by atoms with E-state index in [2.05, 4.69) is 13.0 Å². The van der Waals surface area contributed by atoms with E-state index in [1.54, 1.807) is 7.11 Å². The fourth-order valence-corrected chi connectivity index (χ4v) is 2.87. The molecule has 102 valence electrons. The monoisotopic (exact) mass is 259 g/mol. The summed E-state index contributed by atoms with van der Waals surface area (Å²) >= 11 is 0. The van der Waals surface area contributed by atoms with Crippen LogP contribution in [-0.4, -0.2) is 13.7 Å². The van der Waals surface area contributed by atoms with E-state index in [1.807, 2.05) is 24.3 Å². The molecule has 1 saturated carbocycles. The van der Waals surface area contributed by atoms with Gasteiger partial charge in [-0.05, 0) is 37.3 Å². The first-order valence-corrected chi connectivity index (χ1v) is 6.86. The number of benzene rings is 1. The molecule has 0 aromatic heterocycles. The minimum Gasteiger partial charge on any atom is -0.493 e. The highest BCUT2D eigenvalue weighted by Crippen LogP contribution is 2.43. The van der Waals surface area contributed by atoms with Crippen LogP contribution in [0.4, 0.5) is 0 Å². The van der Waals surface area contributed by atoms with Crippen LogP contribution in [-0.2, 0) is 0 Å². The van der Waals surface area contributed by atoms with Crippen molar-refractivity contribution in [3.8, 4) is 17.6 Å². The number of hydrogen-bond donors (Lipinski definition) is 0. The highest BCUT2D eigenvalue weighted by atomic mass is 16.5. The summed E-state index contributed by atoms with van der Waals surface area (Å²) in [5.74, 6) is 2.16. The number of hydrogen-bond acceptors (Lipinski definition) is 3. The van der Waals surface area contributed by atoms with Crippen LogP contribution in [0, 0.1) is 22.7 Å². The Morgan fingerprint density at radius 2 is 2.11 bits per heavy atom. The number of ether oxygens (including phenoxy) is 2. The standard InChI is InChI=1S/C16H21NO2/c1-13-7-8-16(11-13,12-17)9-10-19-15-6-4-3-5-14(15)18-2/h3-6,13H,7-11H2,1-2H3. The molecule has 0 heterocycles. The molecule has 0 saturated heterocycles. The average molecular weight is 259 g/mol. The van der Waals surface area contributed by atoms with Gasteiger partial charge in [-0.15, -0.1) is 0 Å². The summed E-state index contributed by atoms with van der Waals surface area (Å²) in [4.78, 5) is 0. The molecule has 2 rings (SSSR count). The molecule has 2 atom stereocenters. The molecule has 1 aliphatic rings. The molecule has 1 aromatic carbocycles. The predicted molar refractivity (Wildman–Crippen MR) is 74.2 cm³/mol. The van der Waals surface area contributed by atoms with Crippen molar-refractivity contribution in [1.82, 2.24) is 0 Å². The largest absolute Gasteiger partial charge is 0.493 e. The molecule has 0 aliphatic heterocycles. The van der Waals surface area contributed by atoms with Gasteiger partial charge in [0.2, 0.25) is 0 Å².